The molecule has 0 amide bonds. The van der Waals surface area contributed by atoms with E-state index >= 15 is 0 Å². The maximum Gasteiger partial charge on any atom is -0.0248 e. The summed E-state index contributed by atoms with van der Waals surface area (Å²) in [6.07, 6.45) is 8.88. The predicted octanol–water partition coefficient (Wildman–Crippen LogP) is 5.42. The van der Waals surface area contributed by atoms with Crippen molar-refractivity contribution in [1.29, 1.82) is 0 Å². The summed E-state index contributed by atoms with van der Waals surface area (Å²) >= 11 is 0. The van der Waals surface area contributed by atoms with Crippen molar-refractivity contribution < 1.29 is 0 Å². The monoisotopic (exact) mass is 222 g/mol. The van der Waals surface area contributed by atoms with Crippen LogP contribution in [0.15, 0.2) is 0 Å². The Morgan fingerprint density at radius 1 is 0.500 bits per heavy atom. The molecule has 0 spiro atoms. The second-order valence-corrected chi connectivity index (χ2v) is 8.56. The molecule has 16 heavy (non-hydrogen) atoms. The molecule has 0 unspecified atom stereocenters. The Balaban J connectivity index is 2.22. The summed E-state index contributed by atoms with van der Waals surface area (Å²) < 4.78 is 0. The van der Waals surface area contributed by atoms with Crippen molar-refractivity contribution in [3.8, 4) is 0 Å². The van der Waals surface area contributed by atoms with Gasteiger partial charge < -0.3 is 0 Å². The van der Waals surface area contributed by atoms with E-state index in [0.29, 0.717) is 21.7 Å². The van der Waals surface area contributed by atoms with E-state index in [1.807, 2.05) is 0 Å². The van der Waals surface area contributed by atoms with Crippen LogP contribution in [0.4, 0.5) is 0 Å². The van der Waals surface area contributed by atoms with Crippen molar-refractivity contribution in [1.82, 2.24) is 0 Å². The SMILES string of the molecule is CC(C)(C)C12CCC(C(C)(C)C)(CC1)CC2. The van der Waals surface area contributed by atoms with Crippen LogP contribution in [0.3, 0.4) is 0 Å². The molecule has 94 valence electrons. The van der Waals surface area contributed by atoms with Crippen LogP contribution < -0.4 is 0 Å². The molecule has 0 heteroatoms. The van der Waals surface area contributed by atoms with E-state index in [4.69, 9.17) is 0 Å². The highest BCUT2D eigenvalue weighted by Crippen LogP contribution is 2.67. The van der Waals surface area contributed by atoms with Gasteiger partial charge in [0.15, 0.2) is 0 Å². The lowest BCUT2D eigenvalue weighted by atomic mass is 9.42. The van der Waals surface area contributed by atoms with Crippen LogP contribution in [0.5, 0.6) is 0 Å². The van der Waals surface area contributed by atoms with Crippen LogP contribution in [0.1, 0.15) is 80.1 Å². The fourth-order valence-electron chi connectivity index (χ4n) is 4.44. The standard InChI is InChI=1S/C16H30/c1-13(2,3)15-7-10-16(11-8-15,12-9-15)14(4,5)6/h7-12H2,1-6H3. The summed E-state index contributed by atoms with van der Waals surface area (Å²) in [5.41, 5.74) is 2.36. The minimum atomic E-state index is 0.511. The van der Waals surface area contributed by atoms with Gasteiger partial charge in [-0.3, -0.25) is 0 Å². The quantitative estimate of drug-likeness (QED) is 0.513. The first-order chi connectivity index (χ1) is 7.12. The first-order valence-corrected chi connectivity index (χ1v) is 7.12. The molecule has 0 aliphatic heterocycles. The molecule has 0 saturated heterocycles. The van der Waals surface area contributed by atoms with E-state index in [-0.39, 0.29) is 0 Å². The summed E-state index contributed by atoms with van der Waals surface area (Å²) in [6.45, 7) is 14.8. The van der Waals surface area contributed by atoms with Gasteiger partial charge in [-0.15, -0.1) is 0 Å². The van der Waals surface area contributed by atoms with Gasteiger partial charge in [0.05, 0.1) is 0 Å². The van der Waals surface area contributed by atoms with Gasteiger partial charge in [-0.05, 0) is 60.2 Å². The van der Waals surface area contributed by atoms with Crippen LogP contribution in [-0.2, 0) is 0 Å². The molecule has 0 aromatic heterocycles. The largest absolute Gasteiger partial charge is 0.0596 e. The molecule has 3 fully saturated rings. The minimum Gasteiger partial charge on any atom is -0.0596 e. The highest BCUT2D eigenvalue weighted by molar-refractivity contribution is 5.07. The van der Waals surface area contributed by atoms with Gasteiger partial charge in [0.1, 0.15) is 0 Å². The molecule has 0 heterocycles. The van der Waals surface area contributed by atoms with Crippen LogP contribution in [0, 0.1) is 21.7 Å². The lowest BCUT2D eigenvalue weighted by Crippen LogP contribution is -2.52. The second-order valence-electron chi connectivity index (χ2n) is 8.56. The van der Waals surface area contributed by atoms with Crippen LogP contribution in [-0.4, -0.2) is 0 Å². The number of hydrogen-bond donors (Lipinski definition) is 0. The fraction of sp³-hybridized carbons (Fsp3) is 1.00. The van der Waals surface area contributed by atoms with Crippen LogP contribution in [0.25, 0.3) is 0 Å². The highest BCUT2D eigenvalue weighted by atomic mass is 14.6. The van der Waals surface area contributed by atoms with Crippen molar-refractivity contribution in [2.75, 3.05) is 0 Å². The molecule has 0 atom stereocenters. The van der Waals surface area contributed by atoms with Gasteiger partial charge in [0.2, 0.25) is 0 Å². The molecule has 0 aromatic carbocycles. The average Bonchev–Trinajstić information content (AvgIpc) is 2.17. The Kier molecular flexibility index (Phi) is 2.54. The molecule has 2 bridgehead atoms. The molecular formula is C16H30. The molecular weight excluding hydrogens is 192 g/mol. The van der Waals surface area contributed by atoms with Gasteiger partial charge in [-0.1, -0.05) is 41.5 Å². The van der Waals surface area contributed by atoms with Gasteiger partial charge in [-0.25, -0.2) is 0 Å². The fourth-order valence-corrected chi connectivity index (χ4v) is 4.44. The summed E-state index contributed by atoms with van der Waals surface area (Å²) in [4.78, 5) is 0. The van der Waals surface area contributed by atoms with E-state index in [0.717, 1.165) is 0 Å². The highest BCUT2D eigenvalue weighted by Gasteiger charge is 2.56. The van der Waals surface area contributed by atoms with Crippen molar-refractivity contribution in [2.45, 2.75) is 80.1 Å². The van der Waals surface area contributed by atoms with E-state index in [1.165, 1.54) is 38.5 Å². The Morgan fingerprint density at radius 3 is 0.812 bits per heavy atom. The first-order valence-electron chi connectivity index (χ1n) is 7.12. The smallest absolute Gasteiger partial charge is 0.0248 e. The van der Waals surface area contributed by atoms with Crippen molar-refractivity contribution in [2.24, 2.45) is 21.7 Å². The molecule has 0 nitrogen and oxygen atoms in total. The number of hydrogen-bond acceptors (Lipinski definition) is 0. The number of fused-ring (bicyclic) bond motifs is 3. The summed E-state index contributed by atoms with van der Waals surface area (Å²) in [7, 11) is 0. The lowest BCUT2D eigenvalue weighted by Gasteiger charge is -2.62. The zero-order valence-corrected chi connectivity index (χ0v) is 12.2. The van der Waals surface area contributed by atoms with Crippen molar-refractivity contribution in [3.05, 3.63) is 0 Å². The Morgan fingerprint density at radius 2 is 0.688 bits per heavy atom. The van der Waals surface area contributed by atoms with E-state index in [9.17, 15) is 0 Å². The topological polar surface area (TPSA) is 0 Å². The molecule has 0 aromatic rings. The maximum absolute atomic E-state index is 2.46. The van der Waals surface area contributed by atoms with Gasteiger partial charge in [-0.2, -0.15) is 0 Å². The third kappa shape index (κ3) is 1.56. The molecule has 3 aliphatic rings. The van der Waals surface area contributed by atoms with Gasteiger partial charge in [0, 0.05) is 0 Å². The summed E-state index contributed by atoms with van der Waals surface area (Å²) in [5.74, 6) is 0. The zero-order chi connectivity index (χ0) is 12.2. The van der Waals surface area contributed by atoms with E-state index in [1.54, 1.807) is 0 Å². The Labute approximate surface area is 102 Å². The van der Waals surface area contributed by atoms with Crippen molar-refractivity contribution >= 4 is 0 Å². The number of rotatable bonds is 0. The predicted molar refractivity (Wildman–Crippen MR) is 71.5 cm³/mol. The normalized spacial score (nSPS) is 40.1. The molecule has 3 rings (SSSR count). The Bertz CT molecular complexity index is 217. The summed E-state index contributed by atoms with van der Waals surface area (Å²) in [5, 5.41) is 0. The van der Waals surface area contributed by atoms with Gasteiger partial charge >= 0.3 is 0 Å². The summed E-state index contributed by atoms with van der Waals surface area (Å²) in [6, 6.07) is 0. The molecule has 3 saturated carbocycles. The average molecular weight is 222 g/mol. The first kappa shape index (κ1) is 12.5. The minimum absolute atomic E-state index is 0.511. The zero-order valence-electron chi connectivity index (χ0n) is 12.2. The third-order valence-electron chi connectivity index (χ3n) is 6.43. The Hall–Kier alpha value is 0. The van der Waals surface area contributed by atoms with Gasteiger partial charge in [0.25, 0.3) is 0 Å². The van der Waals surface area contributed by atoms with Crippen LogP contribution >= 0.6 is 0 Å². The molecule has 0 N–H and O–H groups in total. The third-order valence-corrected chi connectivity index (χ3v) is 6.43. The molecule has 3 aliphatic carbocycles. The van der Waals surface area contributed by atoms with E-state index in [2.05, 4.69) is 41.5 Å². The second kappa shape index (κ2) is 3.27. The maximum atomic E-state index is 2.46. The van der Waals surface area contributed by atoms with Crippen molar-refractivity contribution in [3.63, 3.8) is 0 Å². The lowest BCUT2D eigenvalue weighted by molar-refractivity contribution is -0.120. The van der Waals surface area contributed by atoms with E-state index < -0.39 is 0 Å². The van der Waals surface area contributed by atoms with Crippen LogP contribution in [0.2, 0.25) is 0 Å². The molecule has 0 radical (unpaired) electrons.